The quantitative estimate of drug-likeness (QED) is 0.599. The van der Waals surface area contributed by atoms with Crippen molar-refractivity contribution in [1.82, 2.24) is 14.6 Å². The number of pyridine rings is 1. The van der Waals surface area contributed by atoms with Crippen LogP contribution in [0.25, 0.3) is 16.9 Å². The van der Waals surface area contributed by atoms with Crippen LogP contribution in [0.15, 0.2) is 66.7 Å². The van der Waals surface area contributed by atoms with Crippen LogP contribution in [0.1, 0.15) is 5.56 Å². The summed E-state index contributed by atoms with van der Waals surface area (Å²) < 4.78 is 1.72. The highest BCUT2D eigenvalue weighted by Gasteiger charge is 2.09. The lowest BCUT2D eigenvalue weighted by molar-refractivity contribution is 0.475. The number of nitrogens with one attached hydrogen (secondary N) is 1. The fourth-order valence-corrected chi connectivity index (χ4v) is 2.60. The van der Waals surface area contributed by atoms with Gasteiger partial charge in [-0.1, -0.05) is 18.2 Å². The fraction of sp³-hybridized carbons (Fsp3) is 0. The Balaban J connectivity index is 1.73. The van der Waals surface area contributed by atoms with E-state index in [9.17, 15) is 5.11 Å². The molecule has 25 heavy (non-hydrogen) atoms. The van der Waals surface area contributed by atoms with Gasteiger partial charge in [0.1, 0.15) is 5.75 Å². The van der Waals surface area contributed by atoms with Crippen molar-refractivity contribution in [2.24, 2.45) is 0 Å². The Bertz CT molecular complexity index is 1090. The first-order chi connectivity index (χ1) is 12.2. The number of anilines is 2. The largest absolute Gasteiger partial charge is 0.508 e. The summed E-state index contributed by atoms with van der Waals surface area (Å²) in [6.45, 7) is 0. The van der Waals surface area contributed by atoms with Crippen LogP contribution in [-0.4, -0.2) is 19.7 Å². The molecule has 0 unspecified atom stereocenters. The van der Waals surface area contributed by atoms with E-state index in [1.54, 1.807) is 47.0 Å². The van der Waals surface area contributed by atoms with Crippen molar-refractivity contribution >= 4 is 17.3 Å². The molecule has 0 atom stereocenters. The van der Waals surface area contributed by atoms with Crippen molar-refractivity contribution in [1.29, 1.82) is 5.26 Å². The number of hydrogen-bond donors (Lipinski definition) is 2. The number of aromatic hydroxyl groups is 1. The minimum atomic E-state index is 0.200. The lowest BCUT2D eigenvalue weighted by Gasteiger charge is -2.04. The van der Waals surface area contributed by atoms with Crippen molar-refractivity contribution in [3.05, 3.63) is 72.3 Å². The summed E-state index contributed by atoms with van der Waals surface area (Å²) in [5, 5.41) is 26.2. The van der Waals surface area contributed by atoms with Crippen LogP contribution in [-0.2, 0) is 0 Å². The van der Waals surface area contributed by atoms with E-state index in [0.29, 0.717) is 17.2 Å². The zero-order chi connectivity index (χ0) is 17.2. The summed E-state index contributed by atoms with van der Waals surface area (Å²) in [5.41, 5.74) is 3.76. The standard InChI is InChI=1S/C19H13N5O/c20-12-13-7-9-15(10-8-13)21-19-22-18-6-2-5-17(24(18)23-19)14-3-1-4-16(25)11-14/h1-11,25H,(H,21,23). The van der Waals surface area contributed by atoms with E-state index in [1.165, 1.54) is 0 Å². The summed E-state index contributed by atoms with van der Waals surface area (Å²) >= 11 is 0. The number of hydrogen-bond acceptors (Lipinski definition) is 5. The number of nitrogens with zero attached hydrogens (tertiary/aromatic N) is 4. The molecule has 4 aromatic rings. The molecule has 0 aliphatic heterocycles. The van der Waals surface area contributed by atoms with E-state index in [2.05, 4.69) is 21.5 Å². The molecular weight excluding hydrogens is 314 g/mol. The van der Waals surface area contributed by atoms with Gasteiger partial charge in [0.05, 0.1) is 17.3 Å². The maximum Gasteiger partial charge on any atom is 0.247 e. The topological polar surface area (TPSA) is 86.2 Å². The zero-order valence-electron chi connectivity index (χ0n) is 13.1. The SMILES string of the molecule is N#Cc1ccc(Nc2nc3cccc(-c4cccc(O)c4)n3n2)cc1. The highest BCUT2D eigenvalue weighted by Crippen LogP contribution is 2.24. The third-order valence-electron chi connectivity index (χ3n) is 3.77. The summed E-state index contributed by atoms with van der Waals surface area (Å²) in [4.78, 5) is 4.47. The number of phenols is 1. The van der Waals surface area contributed by atoms with E-state index in [-0.39, 0.29) is 5.75 Å². The van der Waals surface area contributed by atoms with E-state index in [4.69, 9.17) is 5.26 Å². The van der Waals surface area contributed by atoms with Crippen LogP contribution in [0.4, 0.5) is 11.6 Å². The molecule has 0 fully saturated rings. The Morgan fingerprint density at radius 2 is 1.80 bits per heavy atom. The number of rotatable bonds is 3. The highest BCUT2D eigenvalue weighted by molar-refractivity contribution is 5.66. The summed E-state index contributed by atoms with van der Waals surface area (Å²) in [6.07, 6.45) is 0. The van der Waals surface area contributed by atoms with E-state index in [1.807, 2.05) is 24.3 Å². The highest BCUT2D eigenvalue weighted by atomic mass is 16.3. The van der Waals surface area contributed by atoms with Gasteiger partial charge in [0.25, 0.3) is 0 Å². The van der Waals surface area contributed by atoms with Gasteiger partial charge in [0.15, 0.2) is 5.65 Å². The zero-order valence-corrected chi connectivity index (χ0v) is 13.1. The van der Waals surface area contributed by atoms with E-state index >= 15 is 0 Å². The second-order valence-electron chi connectivity index (χ2n) is 5.48. The lowest BCUT2D eigenvalue weighted by Crippen LogP contribution is -1.95. The molecule has 2 aromatic heterocycles. The van der Waals surface area contributed by atoms with Crippen molar-refractivity contribution in [2.75, 3.05) is 5.32 Å². The van der Waals surface area contributed by atoms with Gasteiger partial charge in [-0.25, -0.2) is 4.52 Å². The minimum absolute atomic E-state index is 0.200. The Labute approximate surface area is 143 Å². The Morgan fingerprint density at radius 3 is 2.56 bits per heavy atom. The molecule has 0 aliphatic rings. The van der Waals surface area contributed by atoms with E-state index in [0.717, 1.165) is 16.9 Å². The van der Waals surface area contributed by atoms with Gasteiger partial charge in [0, 0.05) is 11.3 Å². The first-order valence-corrected chi connectivity index (χ1v) is 7.65. The van der Waals surface area contributed by atoms with Gasteiger partial charge in [-0.05, 0) is 48.5 Å². The predicted octanol–water partition coefficient (Wildman–Crippen LogP) is 3.72. The number of benzene rings is 2. The normalized spacial score (nSPS) is 10.5. The van der Waals surface area contributed by atoms with Gasteiger partial charge < -0.3 is 10.4 Å². The Morgan fingerprint density at radius 1 is 1.00 bits per heavy atom. The average Bonchev–Trinajstić information content (AvgIpc) is 3.04. The maximum absolute atomic E-state index is 9.71. The molecule has 0 bridgehead atoms. The predicted molar refractivity (Wildman–Crippen MR) is 94.5 cm³/mol. The molecule has 6 heteroatoms. The van der Waals surface area contributed by atoms with Crippen LogP contribution < -0.4 is 5.32 Å². The lowest BCUT2D eigenvalue weighted by atomic mass is 10.1. The Hall–Kier alpha value is -3.85. The minimum Gasteiger partial charge on any atom is -0.508 e. The molecule has 0 aliphatic carbocycles. The summed E-state index contributed by atoms with van der Waals surface area (Å²) in [5.74, 6) is 0.655. The molecule has 0 saturated carbocycles. The maximum atomic E-state index is 9.71. The van der Waals surface area contributed by atoms with E-state index < -0.39 is 0 Å². The fourth-order valence-electron chi connectivity index (χ4n) is 2.60. The number of aromatic nitrogens is 3. The van der Waals surface area contributed by atoms with Gasteiger partial charge in [0.2, 0.25) is 5.95 Å². The number of phenolic OH excluding ortho intramolecular Hbond substituents is 1. The second-order valence-corrected chi connectivity index (χ2v) is 5.48. The summed E-state index contributed by atoms with van der Waals surface area (Å²) in [7, 11) is 0. The van der Waals surface area contributed by atoms with Gasteiger partial charge in [-0.3, -0.25) is 0 Å². The molecular formula is C19H13N5O. The molecule has 4 rings (SSSR count). The number of nitriles is 1. The van der Waals surface area contributed by atoms with Crippen LogP contribution in [0.2, 0.25) is 0 Å². The third-order valence-corrected chi connectivity index (χ3v) is 3.77. The molecule has 2 N–H and O–H groups in total. The molecule has 120 valence electrons. The van der Waals surface area contributed by atoms with Gasteiger partial charge in [-0.2, -0.15) is 10.2 Å². The van der Waals surface area contributed by atoms with Crippen molar-refractivity contribution in [2.45, 2.75) is 0 Å². The smallest absolute Gasteiger partial charge is 0.247 e. The molecule has 0 radical (unpaired) electrons. The monoisotopic (exact) mass is 327 g/mol. The molecule has 6 nitrogen and oxygen atoms in total. The van der Waals surface area contributed by atoms with Crippen LogP contribution in [0, 0.1) is 11.3 Å². The van der Waals surface area contributed by atoms with Crippen LogP contribution in [0.3, 0.4) is 0 Å². The van der Waals surface area contributed by atoms with Crippen LogP contribution in [0.5, 0.6) is 5.75 Å². The second kappa shape index (κ2) is 5.98. The van der Waals surface area contributed by atoms with Gasteiger partial charge >= 0.3 is 0 Å². The van der Waals surface area contributed by atoms with Crippen molar-refractivity contribution < 1.29 is 5.11 Å². The molecule has 0 amide bonds. The first-order valence-electron chi connectivity index (χ1n) is 7.65. The number of fused-ring (bicyclic) bond motifs is 1. The van der Waals surface area contributed by atoms with Crippen LogP contribution >= 0.6 is 0 Å². The third kappa shape index (κ3) is 2.86. The molecule has 2 heterocycles. The first kappa shape index (κ1) is 14.7. The molecule has 0 spiro atoms. The van der Waals surface area contributed by atoms with Crippen molar-refractivity contribution in [3.8, 4) is 23.1 Å². The Kier molecular flexibility index (Phi) is 3.52. The van der Waals surface area contributed by atoms with Crippen molar-refractivity contribution in [3.63, 3.8) is 0 Å². The van der Waals surface area contributed by atoms with Gasteiger partial charge in [-0.15, -0.1) is 5.10 Å². The molecule has 2 aromatic carbocycles. The summed E-state index contributed by atoms with van der Waals surface area (Å²) in [6, 6.07) is 21.9. The molecule has 0 saturated heterocycles. The average molecular weight is 327 g/mol.